The van der Waals surface area contributed by atoms with E-state index in [1.807, 2.05) is 59.2 Å². The summed E-state index contributed by atoms with van der Waals surface area (Å²) in [7, 11) is 0. The molecule has 4 rings (SSSR count). The molecule has 0 spiro atoms. The van der Waals surface area contributed by atoms with Crippen LogP contribution >= 0.6 is 22.9 Å². The lowest BCUT2D eigenvalue weighted by atomic mass is 10.1. The molecule has 6 heteroatoms. The third-order valence-corrected chi connectivity index (χ3v) is 6.15. The Labute approximate surface area is 178 Å². The monoisotopic (exact) mass is 424 g/mol. The molecule has 0 aliphatic carbocycles. The molecule has 0 atom stereocenters. The van der Waals surface area contributed by atoms with Gasteiger partial charge in [0.25, 0.3) is 0 Å². The molecule has 0 fully saturated rings. The Morgan fingerprint density at radius 1 is 1.07 bits per heavy atom. The lowest BCUT2D eigenvalue weighted by Gasteiger charge is -2.10. The van der Waals surface area contributed by atoms with Gasteiger partial charge in [0.2, 0.25) is 0 Å². The van der Waals surface area contributed by atoms with Gasteiger partial charge in [-0.3, -0.25) is 0 Å². The number of nitrogens with zero attached hydrogens (tertiary/aromatic N) is 1. The van der Waals surface area contributed by atoms with Crippen LogP contribution in [0.25, 0.3) is 10.9 Å². The summed E-state index contributed by atoms with van der Waals surface area (Å²) in [5.74, 6) is -0.912. The number of hydrogen-bond acceptors (Lipinski definition) is 3. The van der Waals surface area contributed by atoms with E-state index in [1.165, 1.54) is 4.88 Å². The summed E-state index contributed by atoms with van der Waals surface area (Å²) in [6, 6.07) is 19.6. The van der Waals surface area contributed by atoms with E-state index in [4.69, 9.17) is 11.6 Å². The normalized spacial score (nSPS) is 11.2. The molecule has 2 N–H and O–H groups in total. The Morgan fingerprint density at radius 2 is 1.86 bits per heavy atom. The van der Waals surface area contributed by atoms with Crippen molar-refractivity contribution in [3.05, 3.63) is 92.8 Å². The van der Waals surface area contributed by atoms with Crippen molar-refractivity contribution < 1.29 is 9.90 Å². The van der Waals surface area contributed by atoms with Crippen LogP contribution in [0.4, 0.5) is 0 Å². The second-order valence-electron chi connectivity index (χ2n) is 6.87. The van der Waals surface area contributed by atoms with Gasteiger partial charge in [-0.05, 0) is 41.6 Å². The van der Waals surface area contributed by atoms with Crippen LogP contribution in [0.15, 0.2) is 66.0 Å². The summed E-state index contributed by atoms with van der Waals surface area (Å²) in [6.45, 7) is 1.80. The van der Waals surface area contributed by atoms with Crippen LogP contribution < -0.4 is 5.32 Å². The van der Waals surface area contributed by atoms with E-state index in [-0.39, 0.29) is 0 Å². The first-order valence-electron chi connectivity index (χ1n) is 9.44. The zero-order chi connectivity index (χ0) is 20.2. The number of nitrogens with one attached hydrogen (secondary N) is 1. The highest BCUT2D eigenvalue weighted by atomic mass is 35.5. The van der Waals surface area contributed by atoms with Gasteiger partial charge in [0.1, 0.15) is 5.69 Å². The molecule has 0 saturated heterocycles. The van der Waals surface area contributed by atoms with E-state index in [9.17, 15) is 9.90 Å². The van der Waals surface area contributed by atoms with Crippen LogP contribution in [0.3, 0.4) is 0 Å². The molecule has 4 nitrogen and oxygen atoms in total. The van der Waals surface area contributed by atoms with Crippen LogP contribution in [-0.4, -0.2) is 22.2 Å². The highest BCUT2D eigenvalue weighted by molar-refractivity contribution is 7.09. The van der Waals surface area contributed by atoms with Crippen LogP contribution in [0.2, 0.25) is 5.02 Å². The Morgan fingerprint density at radius 3 is 2.59 bits per heavy atom. The van der Waals surface area contributed by atoms with E-state index < -0.39 is 5.97 Å². The maximum atomic E-state index is 12.2. The van der Waals surface area contributed by atoms with E-state index in [0.29, 0.717) is 23.8 Å². The minimum atomic E-state index is -0.912. The number of carboxylic acid groups (broad SMARTS) is 1. The standard InChI is InChI=1S/C23H21ClN2O2S/c24-17-9-7-16(8-10-17)15-26-21-6-2-1-5-19(21)20(22(26)23(27)28)14-25-12-11-18-4-3-13-29-18/h1-10,13,25H,11-12,14-15H2,(H,27,28). The van der Waals surface area contributed by atoms with Crippen molar-refractivity contribution in [2.45, 2.75) is 19.5 Å². The second kappa shape index (κ2) is 8.82. The maximum absolute atomic E-state index is 12.2. The van der Waals surface area contributed by atoms with Crippen molar-refractivity contribution in [3.8, 4) is 0 Å². The molecule has 0 aliphatic rings. The number of thiophene rings is 1. The van der Waals surface area contributed by atoms with Gasteiger partial charge in [-0.15, -0.1) is 11.3 Å². The maximum Gasteiger partial charge on any atom is 0.352 e. The molecule has 0 amide bonds. The summed E-state index contributed by atoms with van der Waals surface area (Å²) in [4.78, 5) is 13.5. The molecule has 2 aromatic carbocycles. The van der Waals surface area contributed by atoms with Crippen molar-refractivity contribution in [2.24, 2.45) is 0 Å². The summed E-state index contributed by atoms with van der Waals surface area (Å²) < 4.78 is 1.89. The van der Waals surface area contributed by atoms with E-state index in [2.05, 4.69) is 16.8 Å². The van der Waals surface area contributed by atoms with Crippen molar-refractivity contribution in [2.75, 3.05) is 6.54 Å². The summed E-state index contributed by atoms with van der Waals surface area (Å²) in [6.07, 6.45) is 0.934. The Kier molecular flexibility index (Phi) is 6.00. The highest BCUT2D eigenvalue weighted by Crippen LogP contribution is 2.28. The molecule has 29 heavy (non-hydrogen) atoms. The lowest BCUT2D eigenvalue weighted by molar-refractivity contribution is 0.0685. The number of carboxylic acids is 1. The van der Waals surface area contributed by atoms with Gasteiger partial charge in [0.15, 0.2) is 0 Å². The lowest BCUT2D eigenvalue weighted by Crippen LogP contribution is -2.19. The van der Waals surface area contributed by atoms with Crippen LogP contribution in [-0.2, 0) is 19.5 Å². The Balaban J connectivity index is 1.64. The number of halogens is 1. The van der Waals surface area contributed by atoms with Crippen LogP contribution in [0, 0.1) is 0 Å². The highest BCUT2D eigenvalue weighted by Gasteiger charge is 2.22. The first-order valence-corrected chi connectivity index (χ1v) is 10.7. The molecule has 0 radical (unpaired) electrons. The van der Waals surface area contributed by atoms with E-state index in [0.717, 1.165) is 35.0 Å². The first-order chi connectivity index (χ1) is 14.1. The van der Waals surface area contributed by atoms with Gasteiger partial charge in [0.05, 0.1) is 0 Å². The number of para-hydroxylation sites is 1. The quantitative estimate of drug-likeness (QED) is 0.370. The van der Waals surface area contributed by atoms with E-state index >= 15 is 0 Å². The van der Waals surface area contributed by atoms with Gasteiger partial charge in [-0.25, -0.2) is 4.79 Å². The third kappa shape index (κ3) is 4.37. The summed E-state index contributed by atoms with van der Waals surface area (Å²) >= 11 is 7.73. The fourth-order valence-electron chi connectivity index (χ4n) is 3.62. The van der Waals surface area contributed by atoms with Gasteiger partial charge in [-0.2, -0.15) is 0 Å². The van der Waals surface area contributed by atoms with Crippen LogP contribution in [0.5, 0.6) is 0 Å². The number of rotatable bonds is 8. The Hall–Kier alpha value is -2.60. The van der Waals surface area contributed by atoms with Gasteiger partial charge in [-0.1, -0.05) is 48.0 Å². The minimum Gasteiger partial charge on any atom is -0.477 e. The fourth-order valence-corrected chi connectivity index (χ4v) is 4.45. The van der Waals surface area contributed by atoms with Crippen LogP contribution in [0.1, 0.15) is 26.5 Å². The van der Waals surface area contributed by atoms with Gasteiger partial charge < -0.3 is 15.0 Å². The Bertz CT molecular complexity index is 1120. The molecule has 0 bridgehead atoms. The molecule has 0 unspecified atom stereocenters. The molecule has 4 aromatic rings. The first kappa shape index (κ1) is 19.7. The third-order valence-electron chi connectivity index (χ3n) is 4.96. The van der Waals surface area contributed by atoms with Crippen molar-refractivity contribution >= 4 is 39.8 Å². The average molecular weight is 425 g/mol. The zero-order valence-electron chi connectivity index (χ0n) is 15.8. The SMILES string of the molecule is O=C(O)c1c(CNCCc2cccs2)c2ccccc2n1Cc1ccc(Cl)cc1. The molecular weight excluding hydrogens is 404 g/mol. The minimum absolute atomic E-state index is 0.338. The molecule has 2 heterocycles. The number of carbonyl (C=O) groups is 1. The van der Waals surface area contributed by atoms with Gasteiger partial charge >= 0.3 is 5.97 Å². The van der Waals surface area contributed by atoms with Crippen molar-refractivity contribution in [1.29, 1.82) is 0 Å². The average Bonchev–Trinajstić information content (AvgIpc) is 3.34. The topological polar surface area (TPSA) is 54.3 Å². The molecular formula is C23H21ClN2O2S. The number of hydrogen-bond donors (Lipinski definition) is 2. The largest absolute Gasteiger partial charge is 0.477 e. The van der Waals surface area contributed by atoms with E-state index in [1.54, 1.807) is 11.3 Å². The number of aromatic nitrogens is 1. The summed E-state index contributed by atoms with van der Waals surface area (Å²) in [5, 5.41) is 17.1. The molecule has 2 aromatic heterocycles. The molecule has 0 saturated carbocycles. The predicted molar refractivity (Wildman–Crippen MR) is 119 cm³/mol. The zero-order valence-corrected chi connectivity index (χ0v) is 17.3. The number of fused-ring (bicyclic) bond motifs is 1. The summed E-state index contributed by atoms with van der Waals surface area (Å²) in [5.41, 5.74) is 3.10. The molecule has 0 aliphatic heterocycles. The van der Waals surface area contributed by atoms with Gasteiger partial charge in [0, 0.05) is 46.0 Å². The predicted octanol–water partition coefficient (Wildman–Crippen LogP) is 5.44. The fraction of sp³-hybridized carbons (Fsp3) is 0.174. The number of aromatic carboxylic acids is 1. The molecule has 148 valence electrons. The number of benzene rings is 2. The smallest absolute Gasteiger partial charge is 0.352 e. The second-order valence-corrected chi connectivity index (χ2v) is 8.34. The van der Waals surface area contributed by atoms with Crippen molar-refractivity contribution in [3.63, 3.8) is 0 Å². The van der Waals surface area contributed by atoms with Crippen molar-refractivity contribution in [1.82, 2.24) is 9.88 Å².